The lowest BCUT2D eigenvalue weighted by atomic mass is 9.88. The summed E-state index contributed by atoms with van der Waals surface area (Å²) in [4.78, 5) is 14.5. The summed E-state index contributed by atoms with van der Waals surface area (Å²) in [5.41, 5.74) is -0.881. The van der Waals surface area contributed by atoms with E-state index in [0.29, 0.717) is 12.8 Å². The summed E-state index contributed by atoms with van der Waals surface area (Å²) in [7, 11) is 2.46. The number of carbonyl (C=O) groups excluding carboxylic acids is 1. The minimum atomic E-state index is -1.000. The van der Waals surface area contributed by atoms with Crippen molar-refractivity contribution in [3.63, 3.8) is 0 Å². The zero-order valence-corrected chi connectivity index (χ0v) is 11.3. The van der Waals surface area contributed by atoms with Crippen LogP contribution in [-0.4, -0.2) is 20.3 Å². The summed E-state index contributed by atoms with van der Waals surface area (Å²) < 4.78 is 38.0. The molecule has 0 spiro atoms. The lowest BCUT2D eigenvalue weighted by molar-refractivity contribution is 0.322. The van der Waals surface area contributed by atoms with E-state index in [2.05, 4.69) is 4.99 Å². The zero-order valence-electron chi connectivity index (χ0n) is 11.3. The van der Waals surface area contributed by atoms with E-state index in [1.54, 1.807) is 0 Å². The molecule has 0 atom stereocenters. The molecule has 2 rings (SSSR count). The first kappa shape index (κ1) is 14.5. The van der Waals surface area contributed by atoms with Crippen LogP contribution < -0.4 is 9.47 Å². The van der Waals surface area contributed by atoms with Gasteiger partial charge in [0.15, 0.2) is 17.3 Å². The van der Waals surface area contributed by atoms with Crippen LogP contribution in [0.4, 0.5) is 8.78 Å². The molecule has 0 N–H and O–H groups in total. The first-order chi connectivity index (χ1) is 9.59. The van der Waals surface area contributed by atoms with Crippen molar-refractivity contribution >= 4 is 6.08 Å². The van der Waals surface area contributed by atoms with Crippen LogP contribution in [0.25, 0.3) is 0 Å². The maximum Gasteiger partial charge on any atom is 0.235 e. The van der Waals surface area contributed by atoms with Gasteiger partial charge in [0.2, 0.25) is 11.9 Å². The summed E-state index contributed by atoms with van der Waals surface area (Å²) in [6.45, 7) is 0. The average molecular weight is 283 g/mol. The Morgan fingerprint density at radius 3 is 2.35 bits per heavy atom. The van der Waals surface area contributed by atoms with Crippen LogP contribution >= 0.6 is 0 Å². The van der Waals surface area contributed by atoms with Gasteiger partial charge in [-0.1, -0.05) is 12.8 Å². The third-order valence-electron chi connectivity index (χ3n) is 3.74. The second kappa shape index (κ2) is 5.59. The van der Waals surface area contributed by atoms with Crippen molar-refractivity contribution in [2.75, 3.05) is 14.2 Å². The monoisotopic (exact) mass is 283 g/mol. The van der Waals surface area contributed by atoms with Gasteiger partial charge in [-0.2, -0.15) is 9.38 Å². The highest BCUT2D eigenvalue weighted by molar-refractivity contribution is 5.47. The lowest BCUT2D eigenvalue weighted by Gasteiger charge is -2.25. The number of hydrogen-bond donors (Lipinski definition) is 0. The molecule has 0 bridgehead atoms. The minimum Gasteiger partial charge on any atom is -0.494 e. The van der Waals surface area contributed by atoms with Gasteiger partial charge in [0.05, 0.1) is 14.2 Å². The molecule has 20 heavy (non-hydrogen) atoms. The average Bonchev–Trinajstić information content (AvgIpc) is 2.89. The maximum absolute atomic E-state index is 14.5. The van der Waals surface area contributed by atoms with E-state index in [1.165, 1.54) is 26.4 Å². The molecule has 0 aliphatic heterocycles. The fraction of sp³-hybridized carbons (Fsp3) is 0.500. The molecule has 0 heterocycles. The Labute approximate surface area is 115 Å². The Morgan fingerprint density at radius 1 is 1.20 bits per heavy atom. The van der Waals surface area contributed by atoms with Crippen molar-refractivity contribution in [2.45, 2.75) is 31.2 Å². The summed E-state index contributed by atoms with van der Waals surface area (Å²) >= 11 is 0. The van der Waals surface area contributed by atoms with Crippen LogP contribution in [0.15, 0.2) is 11.1 Å². The second-order valence-electron chi connectivity index (χ2n) is 4.73. The Morgan fingerprint density at radius 2 is 1.85 bits per heavy atom. The fourth-order valence-electron chi connectivity index (χ4n) is 2.74. The van der Waals surface area contributed by atoms with Crippen molar-refractivity contribution in [1.29, 1.82) is 0 Å². The Bertz CT molecular complexity index is 562. The van der Waals surface area contributed by atoms with Gasteiger partial charge < -0.3 is 9.47 Å². The van der Waals surface area contributed by atoms with Crippen LogP contribution in [0.5, 0.6) is 11.5 Å². The molecule has 1 saturated carbocycles. The van der Waals surface area contributed by atoms with Crippen LogP contribution in [-0.2, 0) is 10.3 Å². The maximum atomic E-state index is 14.5. The molecule has 1 aromatic rings. The van der Waals surface area contributed by atoms with E-state index in [9.17, 15) is 13.6 Å². The Kier molecular flexibility index (Phi) is 4.04. The first-order valence-corrected chi connectivity index (χ1v) is 6.29. The quantitative estimate of drug-likeness (QED) is 0.630. The SMILES string of the molecule is COc1cc(C2(N=C=O)CCCC2)c(F)c(OC)c1F. The Hall–Kier alpha value is -1.94. The number of aliphatic imine (C=N–C) groups is 1. The van der Waals surface area contributed by atoms with E-state index in [0.717, 1.165) is 12.8 Å². The van der Waals surface area contributed by atoms with Crippen LogP contribution in [0.2, 0.25) is 0 Å². The largest absolute Gasteiger partial charge is 0.494 e. The van der Waals surface area contributed by atoms with Gasteiger partial charge in [-0.25, -0.2) is 9.18 Å². The molecule has 4 nitrogen and oxygen atoms in total. The van der Waals surface area contributed by atoms with E-state index >= 15 is 0 Å². The van der Waals surface area contributed by atoms with Gasteiger partial charge >= 0.3 is 0 Å². The van der Waals surface area contributed by atoms with Crippen molar-refractivity contribution in [3.05, 3.63) is 23.3 Å². The Balaban J connectivity index is 2.69. The van der Waals surface area contributed by atoms with Crippen LogP contribution in [0.3, 0.4) is 0 Å². The number of nitrogens with zero attached hydrogens (tertiary/aromatic N) is 1. The molecule has 0 radical (unpaired) electrons. The molecule has 1 fully saturated rings. The molecule has 1 aromatic carbocycles. The topological polar surface area (TPSA) is 47.9 Å². The number of isocyanates is 1. The fourth-order valence-corrected chi connectivity index (χ4v) is 2.74. The van der Waals surface area contributed by atoms with Gasteiger partial charge in [0, 0.05) is 5.56 Å². The summed E-state index contributed by atoms with van der Waals surface area (Å²) in [6, 6.07) is 1.25. The molecule has 0 saturated heterocycles. The molecular formula is C14H15F2NO3. The van der Waals surface area contributed by atoms with Gasteiger partial charge in [-0.15, -0.1) is 0 Å². The normalized spacial score (nSPS) is 16.6. The molecular weight excluding hydrogens is 268 g/mol. The van der Waals surface area contributed by atoms with E-state index in [-0.39, 0.29) is 11.3 Å². The third kappa shape index (κ3) is 2.16. The number of methoxy groups -OCH3 is 2. The van der Waals surface area contributed by atoms with Crippen molar-refractivity contribution < 1.29 is 23.0 Å². The summed E-state index contributed by atoms with van der Waals surface area (Å²) in [5, 5.41) is 0. The van der Waals surface area contributed by atoms with Gasteiger partial charge in [0.25, 0.3) is 0 Å². The summed E-state index contributed by atoms with van der Waals surface area (Å²) in [5.74, 6) is -2.40. The zero-order chi connectivity index (χ0) is 14.8. The molecule has 1 aliphatic rings. The second-order valence-corrected chi connectivity index (χ2v) is 4.73. The smallest absolute Gasteiger partial charge is 0.235 e. The minimum absolute atomic E-state index is 0.119. The highest BCUT2D eigenvalue weighted by Gasteiger charge is 2.40. The molecule has 0 aromatic heterocycles. The molecule has 1 aliphatic carbocycles. The highest BCUT2D eigenvalue weighted by atomic mass is 19.1. The number of benzene rings is 1. The highest BCUT2D eigenvalue weighted by Crippen LogP contribution is 2.46. The van der Waals surface area contributed by atoms with Crippen molar-refractivity contribution in [2.24, 2.45) is 4.99 Å². The van der Waals surface area contributed by atoms with E-state index in [1.807, 2.05) is 0 Å². The molecule has 6 heteroatoms. The molecule has 0 amide bonds. The van der Waals surface area contributed by atoms with Gasteiger partial charge in [-0.05, 0) is 18.9 Å². The predicted octanol–water partition coefficient (Wildman–Crippen LogP) is 3.09. The standard InChI is InChI=1S/C14H15F2NO3/c1-19-10-7-9(11(15)13(20-2)12(10)16)14(17-8-18)5-3-4-6-14/h7H,3-6H2,1-2H3. The number of halogens is 2. The van der Waals surface area contributed by atoms with E-state index in [4.69, 9.17) is 9.47 Å². The number of ether oxygens (including phenoxy) is 2. The molecule has 0 unspecified atom stereocenters. The predicted molar refractivity (Wildman–Crippen MR) is 67.7 cm³/mol. The van der Waals surface area contributed by atoms with Crippen LogP contribution in [0, 0.1) is 11.6 Å². The van der Waals surface area contributed by atoms with Crippen LogP contribution in [0.1, 0.15) is 31.2 Å². The lowest BCUT2D eigenvalue weighted by Crippen LogP contribution is -2.21. The van der Waals surface area contributed by atoms with E-state index < -0.39 is 22.9 Å². The third-order valence-corrected chi connectivity index (χ3v) is 3.74. The first-order valence-electron chi connectivity index (χ1n) is 6.29. The van der Waals surface area contributed by atoms with Gasteiger partial charge in [0.1, 0.15) is 5.54 Å². The number of hydrogen-bond acceptors (Lipinski definition) is 4. The van der Waals surface area contributed by atoms with Crippen molar-refractivity contribution in [3.8, 4) is 11.5 Å². The molecule has 108 valence electrons. The summed E-state index contributed by atoms with van der Waals surface area (Å²) in [6.07, 6.45) is 4.14. The van der Waals surface area contributed by atoms with Crippen molar-refractivity contribution in [1.82, 2.24) is 0 Å². The van der Waals surface area contributed by atoms with Gasteiger partial charge in [-0.3, -0.25) is 0 Å². The number of rotatable bonds is 4.